The van der Waals surface area contributed by atoms with Crippen molar-refractivity contribution in [1.29, 1.82) is 0 Å². The van der Waals surface area contributed by atoms with Gasteiger partial charge in [-0.15, -0.1) is 11.3 Å². The second kappa shape index (κ2) is 5.62. The molecular weight excluding hydrogens is 310 g/mol. The summed E-state index contributed by atoms with van der Waals surface area (Å²) in [5.74, 6) is -0.229. The van der Waals surface area contributed by atoms with Gasteiger partial charge in [0.25, 0.3) is 5.91 Å². The van der Waals surface area contributed by atoms with Crippen LogP contribution in [0.3, 0.4) is 0 Å². The van der Waals surface area contributed by atoms with Crippen molar-refractivity contribution in [3.63, 3.8) is 0 Å². The molecule has 1 amide bonds. The molecule has 4 aromatic heterocycles. The lowest BCUT2D eigenvalue weighted by molar-refractivity contribution is 0.102. The Morgan fingerprint density at radius 3 is 2.91 bits per heavy atom. The van der Waals surface area contributed by atoms with Crippen LogP contribution in [0.2, 0.25) is 0 Å². The number of hydrogen-bond acceptors (Lipinski definition) is 5. The third-order valence-electron chi connectivity index (χ3n) is 3.32. The maximum Gasteiger partial charge on any atom is 0.261 e. The van der Waals surface area contributed by atoms with Gasteiger partial charge in [0.05, 0.1) is 23.0 Å². The van der Waals surface area contributed by atoms with Gasteiger partial charge in [-0.05, 0) is 24.3 Å². The molecular formula is C16H11N5OS. The summed E-state index contributed by atoms with van der Waals surface area (Å²) in [6, 6.07) is 11.2. The zero-order valence-electron chi connectivity index (χ0n) is 11.9. The number of rotatable bonds is 3. The minimum Gasteiger partial charge on any atom is -0.298 e. The van der Waals surface area contributed by atoms with Crippen molar-refractivity contribution in [1.82, 2.24) is 19.6 Å². The van der Waals surface area contributed by atoms with Gasteiger partial charge in [-0.3, -0.25) is 15.1 Å². The third kappa shape index (κ3) is 2.58. The molecule has 0 saturated carbocycles. The highest BCUT2D eigenvalue weighted by Gasteiger charge is 2.14. The molecule has 0 aliphatic rings. The number of amides is 1. The number of nitrogens with zero attached hydrogens (tertiary/aromatic N) is 4. The lowest BCUT2D eigenvalue weighted by Crippen LogP contribution is -2.11. The van der Waals surface area contributed by atoms with E-state index in [2.05, 4.69) is 20.4 Å². The summed E-state index contributed by atoms with van der Waals surface area (Å²) in [6.07, 6.45) is 5.07. The number of aromatic nitrogens is 4. The second-order valence-electron chi connectivity index (χ2n) is 4.80. The number of carbonyl (C=O) groups is 1. The number of thiazole rings is 1. The molecule has 0 radical (unpaired) electrons. The Kier molecular flexibility index (Phi) is 3.32. The minimum atomic E-state index is -0.229. The third-order valence-corrected chi connectivity index (χ3v) is 4.08. The molecule has 7 heteroatoms. The highest BCUT2D eigenvalue weighted by Crippen LogP contribution is 2.24. The van der Waals surface area contributed by atoms with Crippen LogP contribution < -0.4 is 5.32 Å². The number of anilines is 1. The van der Waals surface area contributed by atoms with E-state index in [1.807, 2.05) is 41.8 Å². The molecule has 4 aromatic rings. The van der Waals surface area contributed by atoms with E-state index in [4.69, 9.17) is 0 Å². The lowest BCUT2D eigenvalue weighted by Gasteiger charge is -2.00. The molecule has 0 bridgehead atoms. The number of nitrogens with one attached hydrogen (secondary N) is 1. The van der Waals surface area contributed by atoms with Crippen LogP contribution in [-0.4, -0.2) is 25.5 Å². The second-order valence-corrected chi connectivity index (χ2v) is 5.65. The zero-order chi connectivity index (χ0) is 15.6. The summed E-state index contributed by atoms with van der Waals surface area (Å²) in [7, 11) is 0. The molecule has 23 heavy (non-hydrogen) atoms. The smallest absolute Gasteiger partial charge is 0.261 e. The molecule has 0 fully saturated rings. The molecule has 4 heterocycles. The average Bonchev–Trinajstić information content (AvgIpc) is 3.22. The fourth-order valence-corrected chi connectivity index (χ4v) is 2.94. The highest BCUT2D eigenvalue weighted by atomic mass is 32.1. The van der Waals surface area contributed by atoms with E-state index in [-0.39, 0.29) is 5.91 Å². The SMILES string of the molecule is O=C(Nc1nc(-c2ccccn2)cs1)c1cnn2ccccc12. The van der Waals surface area contributed by atoms with Crippen LogP contribution in [0.15, 0.2) is 60.4 Å². The van der Waals surface area contributed by atoms with Crippen LogP contribution in [0.1, 0.15) is 10.4 Å². The topological polar surface area (TPSA) is 72.2 Å². The summed E-state index contributed by atoms with van der Waals surface area (Å²) in [5.41, 5.74) is 2.79. The minimum absolute atomic E-state index is 0.229. The van der Waals surface area contributed by atoms with Crippen LogP contribution >= 0.6 is 11.3 Å². The molecule has 112 valence electrons. The van der Waals surface area contributed by atoms with E-state index >= 15 is 0 Å². The van der Waals surface area contributed by atoms with Gasteiger partial charge in [-0.2, -0.15) is 5.10 Å². The maximum absolute atomic E-state index is 12.4. The van der Waals surface area contributed by atoms with E-state index in [0.29, 0.717) is 10.7 Å². The summed E-state index contributed by atoms with van der Waals surface area (Å²) < 4.78 is 1.66. The molecule has 0 spiro atoms. The Hall–Kier alpha value is -3.06. The summed E-state index contributed by atoms with van der Waals surface area (Å²) in [4.78, 5) is 21.1. The molecule has 0 unspecified atom stereocenters. The van der Waals surface area contributed by atoms with E-state index in [1.54, 1.807) is 23.1 Å². The fraction of sp³-hybridized carbons (Fsp3) is 0. The van der Waals surface area contributed by atoms with Crippen molar-refractivity contribution in [2.24, 2.45) is 0 Å². The Morgan fingerprint density at radius 1 is 1.13 bits per heavy atom. The first kappa shape index (κ1) is 13.6. The molecule has 4 rings (SSSR count). The number of fused-ring (bicyclic) bond motifs is 1. The largest absolute Gasteiger partial charge is 0.298 e. The van der Waals surface area contributed by atoms with Gasteiger partial charge in [-0.1, -0.05) is 12.1 Å². The predicted octanol–water partition coefficient (Wildman–Crippen LogP) is 3.11. The van der Waals surface area contributed by atoms with E-state index in [0.717, 1.165) is 16.9 Å². The van der Waals surface area contributed by atoms with E-state index in [9.17, 15) is 4.79 Å². The van der Waals surface area contributed by atoms with Crippen LogP contribution in [0.25, 0.3) is 16.9 Å². The summed E-state index contributed by atoms with van der Waals surface area (Å²) >= 11 is 1.37. The predicted molar refractivity (Wildman–Crippen MR) is 88.5 cm³/mol. The van der Waals surface area contributed by atoms with E-state index in [1.165, 1.54) is 11.3 Å². The Morgan fingerprint density at radius 2 is 2.04 bits per heavy atom. The van der Waals surface area contributed by atoms with E-state index < -0.39 is 0 Å². The molecule has 0 aliphatic heterocycles. The average molecular weight is 321 g/mol. The molecule has 1 N–H and O–H groups in total. The number of carbonyl (C=O) groups excluding carboxylic acids is 1. The van der Waals surface area contributed by atoms with Crippen molar-refractivity contribution in [3.05, 3.63) is 65.9 Å². The lowest BCUT2D eigenvalue weighted by atomic mass is 10.2. The molecule has 6 nitrogen and oxygen atoms in total. The van der Waals surface area contributed by atoms with Crippen molar-refractivity contribution in [2.45, 2.75) is 0 Å². The van der Waals surface area contributed by atoms with Gasteiger partial charge >= 0.3 is 0 Å². The summed E-state index contributed by atoms with van der Waals surface area (Å²) in [5, 5.41) is 9.38. The Balaban J connectivity index is 1.59. The van der Waals surface area contributed by atoms with Crippen LogP contribution in [0, 0.1) is 0 Å². The van der Waals surface area contributed by atoms with Crippen molar-refractivity contribution in [3.8, 4) is 11.4 Å². The van der Waals surface area contributed by atoms with Crippen molar-refractivity contribution >= 4 is 27.9 Å². The normalized spacial score (nSPS) is 10.8. The Labute approximate surface area is 135 Å². The van der Waals surface area contributed by atoms with Crippen molar-refractivity contribution in [2.75, 3.05) is 5.32 Å². The van der Waals surface area contributed by atoms with Gasteiger partial charge < -0.3 is 0 Å². The first-order valence-corrected chi connectivity index (χ1v) is 7.80. The Bertz CT molecular complexity index is 976. The molecule has 0 aliphatic carbocycles. The van der Waals surface area contributed by atoms with Crippen LogP contribution in [0.5, 0.6) is 0 Å². The summed E-state index contributed by atoms with van der Waals surface area (Å²) in [6.45, 7) is 0. The molecule has 0 aromatic carbocycles. The molecule has 0 saturated heterocycles. The van der Waals surface area contributed by atoms with Gasteiger partial charge in [0.2, 0.25) is 0 Å². The van der Waals surface area contributed by atoms with Gasteiger partial charge in [0.1, 0.15) is 5.69 Å². The van der Waals surface area contributed by atoms with Gasteiger partial charge in [0.15, 0.2) is 5.13 Å². The first-order valence-electron chi connectivity index (χ1n) is 6.92. The van der Waals surface area contributed by atoms with Crippen molar-refractivity contribution < 1.29 is 4.79 Å². The van der Waals surface area contributed by atoms with Crippen LogP contribution in [-0.2, 0) is 0 Å². The quantitative estimate of drug-likeness (QED) is 0.629. The monoisotopic (exact) mass is 321 g/mol. The zero-order valence-corrected chi connectivity index (χ0v) is 12.7. The van der Waals surface area contributed by atoms with Gasteiger partial charge in [-0.25, -0.2) is 9.50 Å². The molecule has 0 atom stereocenters. The standard InChI is InChI=1S/C16H11N5OS/c22-15(11-9-18-21-8-4-2-6-14(11)21)20-16-19-13(10-23-16)12-5-1-3-7-17-12/h1-10H,(H,19,20,22). The van der Waals surface area contributed by atoms with Crippen LogP contribution in [0.4, 0.5) is 5.13 Å². The first-order chi connectivity index (χ1) is 11.3. The number of hydrogen-bond donors (Lipinski definition) is 1. The van der Waals surface area contributed by atoms with Gasteiger partial charge in [0, 0.05) is 17.8 Å². The highest BCUT2D eigenvalue weighted by molar-refractivity contribution is 7.14. The fourth-order valence-electron chi connectivity index (χ4n) is 2.24. The maximum atomic E-state index is 12.4. The number of pyridine rings is 2.